The van der Waals surface area contributed by atoms with Crippen LogP contribution in [0.1, 0.15) is 24.1 Å². The van der Waals surface area contributed by atoms with E-state index < -0.39 is 6.01 Å². The number of imidazole rings is 1. The maximum atomic E-state index is 13.1. The van der Waals surface area contributed by atoms with Gasteiger partial charge in [-0.3, -0.25) is 0 Å². The van der Waals surface area contributed by atoms with E-state index in [2.05, 4.69) is 9.97 Å². The van der Waals surface area contributed by atoms with Gasteiger partial charge in [-0.1, -0.05) is 25.1 Å². The molecule has 0 radical (unpaired) electrons. The summed E-state index contributed by atoms with van der Waals surface area (Å²) in [5.74, 6) is 0.0896. The number of hydrogen-bond acceptors (Lipinski definition) is 2. The molecule has 1 aromatic carbocycles. The lowest BCUT2D eigenvalue weighted by Gasteiger charge is -2.09. The second kappa shape index (κ2) is 3.73. The van der Waals surface area contributed by atoms with Crippen LogP contribution in [0.25, 0.3) is 11.0 Å². The van der Waals surface area contributed by atoms with E-state index in [1.54, 1.807) is 12.5 Å². The maximum absolute atomic E-state index is 13.1. The number of hydrogen-bond donors (Lipinski definition) is 1. The smallest absolute Gasteiger partial charge is 0.278 e. The minimum atomic E-state index is -0.552. The van der Waals surface area contributed by atoms with E-state index in [0.29, 0.717) is 5.58 Å². The molecule has 2 aromatic heterocycles. The summed E-state index contributed by atoms with van der Waals surface area (Å²) in [5, 5.41) is 0.784. The lowest BCUT2D eigenvalue weighted by atomic mass is 9.97. The van der Waals surface area contributed by atoms with Crippen LogP contribution in [0, 0.1) is 6.01 Å². The highest BCUT2D eigenvalue weighted by molar-refractivity contribution is 5.81. The third-order valence-corrected chi connectivity index (χ3v) is 3.00. The zero-order valence-corrected chi connectivity index (χ0v) is 9.27. The van der Waals surface area contributed by atoms with Crippen LogP contribution in [-0.2, 0) is 0 Å². The van der Waals surface area contributed by atoms with Crippen LogP contribution in [-0.4, -0.2) is 9.97 Å². The van der Waals surface area contributed by atoms with Crippen molar-refractivity contribution < 1.29 is 8.81 Å². The highest BCUT2D eigenvalue weighted by atomic mass is 19.1. The molecule has 0 aliphatic carbocycles. The van der Waals surface area contributed by atoms with Crippen LogP contribution in [0.4, 0.5) is 4.39 Å². The highest BCUT2D eigenvalue weighted by Gasteiger charge is 2.15. The molecule has 0 saturated heterocycles. The van der Waals surface area contributed by atoms with E-state index in [1.807, 2.05) is 25.1 Å². The van der Waals surface area contributed by atoms with Crippen molar-refractivity contribution in [2.24, 2.45) is 0 Å². The second-order valence-corrected chi connectivity index (χ2v) is 4.04. The zero-order chi connectivity index (χ0) is 11.8. The lowest BCUT2D eigenvalue weighted by Crippen LogP contribution is -1.96. The summed E-state index contributed by atoms with van der Waals surface area (Å²) in [4.78, 5) is 7.05. The van der Waals surface area contributed by atoms with Gasteiger partial charge < -0.3 is 9.40 Å². The molecular formula is C13H11FN2O. The number of rotatable bonds is 2. The Morgan fingerprint density at radius 3 is 3.06 bits per heavy atom. The fourth-order valence-corrected chi connectivity index (χ4v) is 2.07. The molecule has 0 spiro atoms. The number of nitrogens with zero attached hydrogens (tertiary/aromatic N) is 1. The molecule has 3 aromatic rings. The molecule has 2 heterocycles. The standard InChI is InChI=1S/C13H11FN2O/c1-8(11-6-15-7-16-11)10-4-2-3-9-5-12(14)17-13(9)10/h2-8H,1H3,(H,15,16). The number of nitrogens with one attached hydrogen (secondary N) is 1. The Morgan fingerprint density at radius 1 is 1.41 bits per heavy atom. The number of furan rings is 1. The Kier molecular flexibility index (Phi) is 2.21. The molecule has 4 heteroatoms. The molecule has 17 heavy (non-hydrogen) atoms. The summed E-state index contributed by atoms with van der Waals surface area (Å²) >= 11 is 0. The van der Waals surface area contributed by atoms with Crippen molar-refractivity contribution in [3.63, 3.8) is 0 Å². The Balaban J connectivity index is 2.17. The van der Waals surface area contributed by atoms with Crippen molar-refractivity contribution in [3.8, 4) is 0 Å². The van der Waals surface area contributed by atoms with Gasteiger partial charge in [0.2, 0.25) is 0 Å². The summed E-state index contributed by atoms with van der Waals surface area (Å²) in [5.41, 5.74) is 2.54. The van der Waals surface area contributed by atoms with E-state index >= 15 is 0 Å². The predicted molar refractivity (Wildman–Crippen MR) is 62.3 cm³/mol. The van der Waals surface area contributed by atoms with Gasteiger partial charge in [0.15, 0.2) is 0 Å². The molecule has 0 bridgehead atoms. The molecule has 1 atom stereocenters. The second-order valence-electron chi connectivity index (χ2n) is 4.04. The number of aromatic nitrogens is 2. The summed E-state index contributed by atoms with van der Waals surface area (Å²) in [6.45, 7) is 2.03. The lowest BCUT2D eigenvalue weighted by molar-refractivity contribution is 0.379. The van der Waals surface area contributed by atoms with Crippen LogP contribution < -0.4 is 0 Å². The van der Waals surface area contributed by atoms with Crippen molar-refractivity contribution in [2.75, 3.05) is 0 Å². The van der Waals surface area contributed by atoms with Crippen LogP contribution in [0.2, 0.25) is 0 Å². The predicted octanol–water partition coefficient (Wildman–Crippen LogP) is 3.45. The van der Waals surface area contributed by atoms with Crippen LogP contribution in [0.15, 0.2) is 41.2 Å². The van der Waals surface area contributed by atoms with Gasteiger partial charge in [0.05, 0.1) is 6.33 Å². The summed E-state index contributed by atoms with van der Waals surface area (Å²) in [6, 6.07) is 6.53. The molecule has 86 valence electrons. The molecule has 3 nitrogen and oxygen atoms in total. The number of para-hydroxylation sites is 1. The Bertz CT molecular complexity index is 643. The number of H-pyrrole nitrogens is 1. The first-order valence-electron chi connectivity index (χ1n) is 5.42. The minimum absolute atomic E-state index is 0.0896. The first kappa shape index (κ1) is 10.1. The van der Waals surface area contributed by atoms with Crippen molar-refractivity contribution in [3.05, 3.63) is 54.1 Å². The molecule has 0 aliphatic heterocycles. The van der Waals surface area contributed by atoms with Crippen molar-refractivity contribution in [1.29, 1.82) is 0 Å². The molecule has 3 rings (SSSR count). The van der Waals surface area contributed by atoms with Gasteiger partial charge in [0.1, 0.15) is 5.58 Å². The van der Waals surface area contributed by atoms with Gasteiger partial charge >= 0.3 is 0 Å². The monoisotopic (exact) mass is 230 g/mol. The molecule has 0 aliphatic rings. The highest BCUT2D eigenvalue weighted by Crippen LogP contribution is 2.30. The van der Waals surface area contributed by atoms with Gasteiger partial charge in [-0.25, -0.2) is 4.98 Å². The van der Waals surface area contributed by atoms with E-state index in [4.69, 9.17) is 4.42 Å². The van der Waals surface area contributed by atoms with Crippen molar-refractivity contribution in [2.45, 2.75) is 12.8 Å². The summed E-state index contributed by atoms with van der Waals surface area (Å²) < 4.78 is 18.2. The number of halogens is 1. The third-order valence-electron chi connectivity index (χ3n) is 3.00. The first-order chi connectivity index (χ1) is 8.25. The minimum Gasteiger partial charge on any atom is -0.431 e. The van der Waals surface area contributed by atoms with E-state index in [-0.39, 0.29) is 5.92 Å². The zero-order valence-electron chi connectivity index (χ0n) is 9.27. The van der Waals surface area contributed by atoms with Gasteiger partial charge in [0, 0.05) is 34.8 Å². The first-order valence-corrected chi connectivity index (χ1v) is 5.42. The molecule has 0 amide bonds. The normalized spacial score (nSPS) is 13.1. The van der Waals surface area contributed by atoms with Crippen LogP contribution >= 0.6 is 0 Å². The van der Waals surface area contributed by atoms with Gasteiger partial charge in [-0.2, -0.15) is 4.39 Å². The number of aromatic amines is 1. The third kappa shape index (κ3) is 1.62. The molecule has 1 N–H and O–H groups in total. The van der Waals surface area contributed by atoms with E-state index in [0.717, 1.165) is 16.6 Å². The van der Waals surface area contributed by atoms with Gasteiger partial charge in [-0.15, -0.1) is 0 Å². The van der Waals surface area contributed by atoms with Crippen LogP contribution in [0.3, 0.4) is 0 Å². The Labute approximate surface area is 97.3 Å². The molecular weight excluding hydrogens is 219 g/mol. The van der Waals surface area contributed by atoms with E-state index in [9.17, 15) is 4.39 Å². The fourth-order valence-electron chi connectivity index (χ4n) is 2.07. The maximum Gasteiger partial charge on any atom is 0.278 e. The average Bonchev–Trinajstić information content (AvgIpc) is 2.94. The Hall–Kier alpha value is -2.10. The molecule has 0 saturated carbocycles. The summed E-state index contributed by atoms with van der Waals surface area (Å²) in [6.07, 6.45) is 3.40. The topological polar surface area (TPSA) is 41.8 Å². The Morgan fingerprint density at radius 2 is 2.29 bits per heavy atom. The number of benzene rings is 1. The van der Waals surface area contributed by atoms with Crippen molar-refractivity contribution >= 4 is 11.0 Å². The van der Waals surface area contributed by atoms with Gasteiger partial charge in [-0.05, 0) is 0 Å². The molecule has 1 unspecified atom stereocenters. The SMILES string of the molecule is CC(c1cnc[nH]1)c1cccc2cc(F)oc12. The largest absolute Gasteiger partial charge is 0.431 e. The quantitative estimate of drug-likeness (QED) is 0.732. The molecule has 0 fully saturated rings. The van der Waals surface area contributed by atoms with Crippen LogP contribution in [0.5, 0.6) is 0 Å². The average molecular weight is 230 g/mol. The fraction of sp³-hybridized carbons (Fsp3) is 0.154. The van der Waals surface area contributed by atoms with Crippen molar-refractivity contribution in [1.82, 2.24) is 9.97 Å². The van der Waals surface area contributed by atoms with E-state index in [1.165, 1.54) is 6.07 Å². The summed E-state index contributed by atoms with van der Waals surface area (Å²) in [7, 11) is 0. The number of fused-ring (bicyclic) bond motifs is 1. The van der Waals surface area contributed by atoms with Gasteiger partial charge in [0.25, 0.3) is 6.01 Å².